The third-order valence-corrected chi connectivity index (χ3v) is 7.09. The second kappa shape index (κ2) is 10.9. The molecule has 1 amide bonds. The predicted molar refractivity (Wildman–Crippen MR) is 133 cm³/mol. The molecule has 0 unspecified atom stereocenters. The third-order valence-electron chi connectivity index (χ3n) is 4.73. The molecular weight excluding hydrogens is 499 g/mol. The molecule has 3 aromatic rings. The van der Waals surface area contributed by atoms with Crippen LogP contribution in [0.25, 0.3) is 0 Å². The van der Waals surface area contributed by atoms with Crippen LogP contribution in [0, 0.1) is 6.92 Å². The summed E-state index contributed by atoms with van der Waals surface area (Å²) in [6.45, 7) is 3.21. The van der Waals surface area contributed by atoms with Crippen LogP contribution in [0.2, 0.25) is 10.0 Å². The number of nitrogens with zero attached hydrogens (tertiary/aromatic N) is 1. The number of benzene rings is 3. The van der Waals surface area contributed by atoms with Gasteiger partial charge in [-0.25, -0.2) is 13.2 Å². The van der Waals surface area contributed by atoms with Crippen molar-refractivity contribution in [3.63, 3.8) is 0 Å². The van der Waals surface area contributed by atoms with E-state index in [0.29, 0.717) is 10.7 Å². The zero-order valence-corrected chi connectivity index (χ0v) is 20.7. The Morgan fingerprint density at radius 3 is 2.32 bits per heavy atom. The van der Waals surface area contributed by atoms with E-state index in [-0.39, 0.29) is 27.8 Å². The highest BCUT2D eigenvalue weighted by Gasteiger charge is 2.27. The van der Waals surface area contributed by atoms with Crippen LogP contribution in [0.15, 0.2) is 71.6 Å². The van der Waals surface area contributed by atoms with Crippen molar-refractivity contribution in [2.24, 2.45) is 0 Å². The topological polar surface area (TPSA) is 92.8 Å². The van der Waals surface area contributed by atoms with Gasteiger partial charge in [-0.3, -0.25) is 9.10 Å². The van der Waals surface area contributed by atoms with Gasteiger partial charge in [0, 0.05) is 5.02 Å². The van der Waals surface area contributed by atoms with Crippen molar-refractivity contribution in [1.82, 2.24) is 0 Å². The fourth-order valence-electron chi connectivity index (χ4n) is 3.11. The molecule has 0 aliphatic heterocycles. The number of sulfonamides is 1. The van der Waals surface area contributed by atoms with Crippen LogP contribution in [0.3, 0.4) is 0 Å². The highest BCUT2D eigenvalue weighted by Crippen LogP contribution is 2.27. The summed E-state index contributed by atoms with van der Waals surface area (Å²) in [5.41, 5.74) is 1.62. The van der Waals surface area contributed by atoms with Crippen LogP contribution in [-0.4, -0.2) is 33.4 Å². The third kappa shape index (κ3) is 6.08. The van der Waals surface area contributed by atoms with Crippen molar-refractivity contribution in [2.45, 2.75) is 18.7 Å². The summed E-state index contributed by atoms with van der Waals surface area (Å²) in [7, 11) is -4.09. The van der Waals surface area contributed by atoms with Crippen LogP contribution < -0.4 is 9.62 Å². The number of hydrogen-bond donors (Lipinski definition) is 1. The first-order chi connectivity index (χ1) is 16.1. The van der Waals surface area contributed by atoms with Gasteiger partial charge in [0.15, 0.2) is 0 Å². The van der Waals surface area contributed by atoms with Gasteiger partial charge < -0.3 is 10.1 Å². The molecule has 0 aromatic heterocycles. The Kier molecular flexibility index (Phi) is 8.19. The van der Waals surface area contributed by atoms with E-state index in [4.69, 9.17) is 27.9 Å². The lowest BCUT2D eigenvalue weighted by Crippen LogP contribution is -2.38. The first kappa shape index (κ1) is 25.6. The first-order valence-corrected chi connectivity index (χ1v) is 12.4. The van der Waals surface area contributed by atoms with Crippen molar-refractivity contribution in [1.29, 1.82) is 0 Å². The minimum absolute atomic E-state index is 0.0111. The molecule has 0 spiro atoms. The van der Waals surface area contributed by atoms with Crippen LogP contribution in [0.1, 0.15) is 22.8 Å². The highest BCUT2D eigenvalue weighted by atomic mass is 35.5. The lowest BCUT2D eigenvalue weighted by molar-refractivity contribution is -0.114. The molecule has 1 N–H and O–H groups in total. The Labute approximate surface area is 208 Å². The van der Waals surface area contributed by atoms with Crippen molar-refractivity contribution in [3.8, 4) is 0 Å². The van der Waals surface area contributed by atoms with Gasteiger partial charge in [-0.05, 0) is 74.0 Å². The van der Waals surface area contributed by atoms with Gasteiger partial charge in [-0.15, -0.1) is 0 Å². The number of hydrogen-bond acceptors (Lipinski definition) is 5. The highest BCUT2D eigenvalue weighted by molar-refractivity contribution is 7.92. The summed E-state index contributed by atoms with van der Waals surface area (Å²) < 4.78 is 32.8. The second-order valence-electron chi connectivity index (χ2n) is 7.27. The number of aryl methyl sites for hydroxylation is 1. The van der Waals surface area contributed by atoms with E-state index in [9.17, 15) is 18.0 Å². The number of carbonyl (C=O) groups is 2. The zero-order chi connectivity index (χ0) is 24.9. The number of amides is 1. The van der Waals surface area contributed by atoms with Gasteiger partial charge >= 0.3 is 5.97 Å². The summed E-state index contributed by atoms with van der Waals surface area (Å²) in [6, 6.07) is 16.8. The Morgan fingerprint density at radius 1 is 1.00 bits per heavy atom. The van der Waals surface area contributed by atoms with Gasteiger partial charge in [0.1, 0.15) is 6.54 Å². The van der Waals surface area contributed by atoms with Crippen molar-refractivity contribution in [2.75, 3.05) is 22.8 Å². The quantitative estimate of drug-likeness (QED) is 0.406. The van der Waals surface area contributed by atoms with E-state index in [1.54, 1.807) is 25.1 Å². The molecule has 0 heterocycles. The van der Waals surface area contributed by atoms with Gasteiger partial charge in [-0.1, -0.05) is 35.3 Å². The molecule has 7 nitrogen and oxygen atoms in total. The average molecular weight is 521 g/mol. The van der Waals surface area contributed by atoms with E-state index in [1.165, 1.54) is 42.5 Å². The molecular formula is C24H22Cl2N2O5S. The maximum Gasteiger partial charge on any atom is 0.338 e. The number of anilines is 2. The fraction of sp³-hybridized carbons (Fsp3) is 0.167. The molecule has 0 saturated heterocycles. The number of carbonyl (C=O) groups excluding carboxylic acids is 2. The summed E-state index contributed by atoms with van der Waals surface area (Å²) >= 11 is 12.1. The molecule has 10 heteroatoms. The van der Waals surface area contributed by atoms with Gasteiger partial charge in [0.05, 0.1) is 33.5 Å². The van der Waals surface area contributed by atoms with Gasteiger partial charge in [-0.2, -0.15) is 0 Å². The van der Waals surface area contributed by atoms with E-state index < -0.39 is 28.4 Å². The molecule has 0 saturated carbocycles. The van der Waals surface area contributed by atoms with Crippen LogP contribution in [0.4, 0.5) is 11.4 Å². The fourth-order valence-corrected chi connectivity index (χ4v) is 4.88. The molecule has 178 valence electrons. The molecule has 0 fully saturated rings. The maximum atomic E-state index is 13.4. The van der Waals surface area contributed by atoms with E-state index in [2.05, 4.69) is 5.32 Å². The van der Waals surface area contributed by atoms with E-state index in [1.807, 2.05) is 13.0 Å². The van der Waals surface area contributed by atoms with Crippen LogP contribution >= 0.6 is 23.2 Å². The minimum atomic E-state index is -4.09. The monoisotopic (exact) mass is 520 g/mol. The number of ether oxygens (including phenoxy) is 1. The summed E-state index contributed by atoms with van der Waals surface area (Å²) in [5.74, 6) is -1.16. The molecule has 34 heavy (non-hydrogen) atoms. The zero-order valence-electron chi connectivity index (χ0n) is 18.4. The smallest absolute Gasteiger partial charge is 0.338 e. The summed E-state index contributed by atoms with van der Waals surface area (Å²) in [6.07, 6.45) is 0. The Morgan fingerprint density at radius 2 is 1.71 bits per heavy atom. The van der Waals surface area contributed by atoms with Crippen LogP contribution in [-0.2, 0) is 19.6 Å². The van der Waals surface area contributed by atoms with E-state index in [0.717, 1.165) is 9.87 Å². The number of halogens is 2. The molecule has 0 atom stereocenters. The average Bonchev–Trinajstić information content (AvgIpc) is 2.79. The Hall–Kier alpha value is -3.07. The predicted octanol–water partition coefficient (Wildman–Crippen LogP) is 5.31. The molecule has 0 aliphatic carbocycles. The van der Waals surface area contributed by atoms with Gasteiger partial charge in [0.2, 0.25) is 5.91 Å². The molecule has 3 rings (SSSR count). The minimum Gasteiger partial charge on any atom is -0.462 e. The Balaban J connectivity index is 1.89. The normalized spacial score (nSPS) is 11.1. The van der Waals surface area contributed by atoms with E-state index >= 15 is 0 Å². The summed E-state index contributed by atoms with van der Waals surface area (Å²) in [5, 5.41) is 3.11. The molecule has 3 aromatic carbocycles. The lowest BCUT2D eigenvalue weighted by atomic mass is 10.2. The molecule has 0 aliphatic rings. The Bertz CT molecular complexity index is 1310. The van der Waals surface area contributed by atoms with Gasteiger partial charge in [0.25, 0.3) is 10.0 Å². The maximum absolute atomic E-state index is 13.4. The van der Waals surface area contributed by atoms with Crippen molar-refractivity contribution < 1.29 is 22.7 Å². The number of nitrogens with one attached hydrogen (secondary N) is 1. The number of esters is 1. The molecule has 0 radical (unpaired) electrons. The summed E-state index contributed by atoms with van der Waals surface area (Å²) in [4.78, 5) is 24.8. The van der Waals surface area contributed by atoms with Crippen molar-refractivity contribution >= 4 is 56.5 Å². The molecule has 0 bridgehead atoms. The lowest BCUT2D eigenvalue weighted by Gasteiger charge is -2.24. The van der Waals surface area contributed by atoms with Crippen LogP contribution in [0.5, 0.6) is 0 Å². The SMILES string of the molecule is CCOC(=O)c1ccc(NC(=O)CN(c2cccc(C)c2)S(=O)(=O)c2ccc(Cl)cc2)c(Cl)c1. The second-order valence-corrected chi connectivity index (χ2v) is 9.97. The first-order valence-electron chi connectivity index (χ1n) is 10.2. The standard InChI is InChI=1S/C24H22Cl2N2O5S/c1-3-33-24(30)17-7-12-22(21(26)14-17)27-23(29)15-28(19-6-4-5-16(2)13-19)34(31,32)20-10-8-18(25)9-11-20/h4-14H,3,15H2,1-2H3,(H,27,29). The van der Waals surface area contributed by atoms with Crippen molar-refractivity contribution in [3.05, 3.63) is 87.9 Å². The largest absolute Gasteiger partial charge is 0.462 e. The number of rotatable bonds is 8.